The number of benzene rings is 6. The molecule has 0 N–H and O–H groups in total. The average molecular weight is 1760 g/mol. The zero-order valence-corrected chi connectivity index (χ0v) is 75.9. The summed E-state index contributed by atoms with van der Waals surface area (Å²) < 4.78 is 0. The van der Waals surface area contributed by atoms with Gasteiger partial charge in [-0.3, -0.25) is 59.8 Å². The number of hydrogen-bond acceptors (Lipinski definition) is 14. The second-order valence-corrected chi connectivity index (χ2v) is 30.6. The van der Waals surface area contributed by atoms with E-state index in [4.69, 9.17) is 49.8 Å². The molecule has 13 aromatic heterocycles. The molecule has 0 bridgehead atoms. The molecule has 0 aliphatic heterocycles. The van der Waals surface area contributed by atoms with Crippen LogP contribution in [0.3, 0.4) is 0 Å². The Labute approximate surface area is 730 Å². The molecule has 19 rings (SSSR count). The first-order chi connectivity index (χ1) is 57.8. The van der Waals surface area contributed by atoms with Crippen LogP contribution in [0.5, 0.6) is 0 Å². The number of nitrogens with zero attached hydrogens (tertiary/aromatic N) is 14. The number of hydrogen-bond donors (Lipinski definition) is 0. The Bertz CT molecular complexity index is 5950. The summed E-state index contributed by atoms with van der Waals surface area (Å²) in [5, 5.41) is 14.1. The van der Waals surface area contributed by atoms with Crippen LogP contribution in [0.15, 0.2) is 171 Å². The van der Waals surface area contributed by atoms with Crippen molar-refractivity contribution in [3.05, 3.63) is 260 Å². The van der Waals surface area contributed by atoms with Gasteiger partial charge in [-0.1, -0.05) is 111 Å². The van der Waals surface area contributed by atoms with E-state index < -0.39 is 0 Å². The maximum absolute atomic E-state index is 5.14. The van der Waals surface area contributed by atoms with Crippen molar-refractivity contribution in [3.63, 3.8) is 0 Å². The largest absolute Gasteiger partial charge is 2.00 e. The van der Waals surface area contributed by atoms with Crippen LogP contribution in [0, 0.1) is 0 Å². The first kappa shape index (κ1) is 86.9. The van der Waals surface area contributed by atoms with Crippen molar-refractivity contribution in [2.75, 3.05) is 0 Å². The van der Waals surface area contributed by atoms with Crippen LogP contribution >= 0.6 is 0 Å². The zero-order chi connectivity index (χ0) is 82.4. The molecule has 0 saturated carbocycles. The topological polar surface area (TPSA) is 180 Å². The molecule has 0 saturated heterocycles. The number of pyridine rings is 12. The third kappa shape index (κ3) is 16.2. The average Bonchev–Trinajstić information content (AvgIpc) is 0.715. The summed E-state index contributed by atoms with van der Waals surface area (Å²) in [5.74, 6) is 0. The smallest absolute Gasteiger partial charge is 0.254 e. The van der Waals surface area contributed by atoms with E-state index in [0.29, 0.717) is 0 Å². The van der Waals surface area contributed by atoms with E-state index >= 15 is 0 Å². The van der Waals surface area contributed by atoms with E-state index in [-0.39, 0.29) is 39.0 Å². The van der Waals surface area contributed by atoms with Gasteiger partial charge in [0.15, 0.2) is 0 Å². The summed E-state index contributed by atoms with van der Waals surface area (Å²) in [6, 6.07) is 34.3. The van der Waals surface area contributed by atoms with Gasteiger partial charge in [0.1, 0.15) is 0 Å². The molecule has 0 radical (unpaired) electrons. The number of rotatable bonds is 16. The zero-order valence-electron chi connectivity index (χ0n) is 72.4. The van der Waals surface area contributed by atoms with E-state index in [2.05, 4.69) is 179 Å². The molecule has 0 spiro atoms. The molecule has 0 atom stereocenters. The van der Waals surface area contributed by atoms with Gasteiger partial charge in [-0.05, 0) is 289 Å². The van der Waals surface area contributed by atoms with E-state index in [1.807, 2.05) is 98.1 Å². The van der Waals surface area contributed by atoms with Gasteiger partial charge in [-0.2, -0.15) is 0 Å². The van der Waals surface area contributed by atoms with E-state index in [0.717, 1.165) is 213 Å². The fourth-order valence-electron chi connectivity index (χ4n) is 17.8. The second kappa shape index (κ2) is 38.6. The first-order valence-corrected chi connectivity index (χ1v) is 43.4. The van der Waals surface area contributed by atoms with Crippen LogP contribution in [0.1, 0.15) is 200 Å². The monoisotopic (exact) mass is 1760 g/mol. The molecule has 0 aliphatic rings. The SMILES string of the molecule is CCc1cnc2c(c1)c(CC)c(CC)c1cc(CC)cnc12.CCc1cnc2c(c1)c(CC)c(CC)c1cc(CC)cnc12.CCc1cnc2c(c1)c(CC)c(CC)c1cc(CC)cnc12.CCc1cnc2c(c1)c(CC)c(CC)c1cc(CC)cnc12.[Ru+2].[Ru+2].c1cnc2c(c1)c1nc3c4cccnc4c4ncccc4c3nc1c1cccnc12. The Morgan fingerprint density at radius 3 is 0.417 bits per heavy atom. The number of aryl methyl sites for hydroxylation is 16. The summed E-state index contributed by atoms with van der Waals surface area (Å²) in [4.78, 5) is 66.7. The molecule has 13 heterocycles. The van der Waals surface area contributed by atoms with Crippen molar-refractivity contribution in [1.82, 2.24) is 69.8 Å². The quantitative estimate of drug-likeness (QED) is 0.0506. The minimum Gasteiger partial charge on any atom is -0.254 e. The summed E-state index contributed by atoms with van der Waals surface area (Å²) in [6.45, 7) is 35.4. The molecule has 120 heavy (non-hydrogen) atoms. The Hall–Kier alpha value is -10.9. The predicted octanol–water partition coefficient (Wildman–Crippen LogP) is 25.1. The molecule has 6 aromatic carbocycles. The molecule has 0 aliphatic carbocycles. The molecule has 14 nitrogen and oxygen atoms in total. The maximum atomic E-state index is 5.14. The van der Waals surface area contributed by atoms with Crippen LogP contribution in [0.25, 0.3) is 153 Å². The molecular formula is C104H108N14Ru2+4. The maximum Gasteiger partial charge on any atom is 2.00 e. The van der Waals surface area contributed by atoms with Gasteiger partial charge in [0.25, 0.3) is 0 Å². The van der Waals surface area contributed by atoms with Crippen LogP contribution in [0.4, 0.5) is 0 Å². The van der Waals surface area contributed by atoms with Gasteiger partial charge < -0.3 is 0 Å². The van der Waals surface area contributed by atoms with Crippen LogP contribution < -0.4 is 0 Å². The molecule has 0 unspecified atom stereocenters. The molecule has 16 heteroatoms. The third-order valence-corrected chi connectivity index (χ3v) is 24.2. The Morgan fingerprint density at radius 2 is 0.292 bits per heavy atom. The van der Waals surface area contributed by atoms with Crippen molar-refractivity contribution in [2.45, 2.75) is 214 Å². The molecular weight excluding hydrogens is 1650 g/mol. The van der Waals surface area contributed by atoms with E-state index in [9.17, 15) is 0 Å². The first-order valence-electron chi connectivity index (χ1n) is 43.4. The summed E-state index contributed by atoms with van der Waals surface area (Å²) in [6.07, 6.45) is 39.7. The summed E-state index contributed by atoms with van der Waals surface area (Å²) in [5.41, 5.74) is 37.1. The van der Waals surface area contributed by atoms with Crippen LogP contribution in [-0.2, 0) is 142 Å². The predicted molar refractivity (Wildman–Crippen MR) is 496 cm³/mol. The number of fused-ring (bicyclic) bond motifs is 24. The van der Waals surface area contributed by atoms with Crippen molar-refractivity contribution in [1.29, 1.82) is 0 Å². The number of aromatic nitrogens is 14. The molecule has 0 amide bonds. The van der Waals surface area contributed by atoms with Gasteiger partial charge in [0.05, 0.1) is 88.3 Å². The van der Waals surface area contributed by atoms with Crippen LogP contribution in [-0.4, -0.2) is 69.8 Å². The normalized spacial score (nSPS) is 11.4. The summed E-state index contributed by atoms with van der Waals surface area (Å²) >= 11 is 0. The fourth-order valence-corrected chi connectivity index (χ4v) is 17.8. The third-order valence-electron chi connectivity index (χ3n) is 24.2. The molecule has 19 aromatic rings. The van der Waals surface area contributed by atoms with Gasteiger partial charge >= 0.3 is 39.0 Å². The minimum absolute atomic E-state index is 0. The van der Waals surface area contributed by atoms with Gasteiger partial charge in [0.2, 0.25) is 0 Å². The fraction of sp³-hybridized carbons (Fsp3) is 0.308. The van der Waals surface area contributed by atoms with Gasteiger partial charge in [0, 0.05) is 139 Å². The standard InChI is InChI=1S/C24H12N6.4C20H24N2.2Ru/c1-5-13-17(25-9-1)18-14(6-2-10-26-18)22-21(13)29-23-15-7-3-11-27-19(15)20-16(24(23)30-22)8-4-12-28-20;4*1-5-13-9-17-15(7-3)16(8-4)18-10-14(6-2)12-22-20(18)19(17)21-11-13;;/h1-12H;4*9-12H,5-8H2,1-4H3;;/q;;;;;2*+2. The van der Waals surface area contributed by atoms with E-state index in [1.54, 1.807) is 24.8 Å². The van der Waals surface area contributed by atoms with Gasteiger partial charge in [-0.15, -0.1) is 0 Å². The Balaban J connectivity index is 0.000000130. The molecule has 606 valence electrons. The van der Waals surface area contributed by atoms with Crippen molar-refractivity contribution in [2.24, 2.45) is 0 Å². The van der Waals surface area contributed by atoms with Gasteiger partial charge in [-0.25, -0.2) is 9.97 Å². The minimum atomic E-state index is 0. The second-order valence-electron chi connectivity index (χ2n) is 30.6. The van der Waals surface area contributed by atoms with Crippen LogP contribution in [0.2, 0.25) is 0 Å². The van der Waals surface area contributed by atoms with Crippen molar-refractivity contribution < 1.29 is 39.0 Å². The van der Waals surface area contributed by atoms with E-state index in [1.165, 1.54) is 132 Å². The van der Waals surface area contributed by atoms with Crippen molar-refractivity contribution >= 4 is 153 Å². The molecule has 0 fully saturated rings. The Morgan fingerprint density at radius 1 is 0.158 bits per heavy atom. The van der Waals surface area contributed by atoms with Crippen molar-refractivity contribution in [3.8, 4) is 0 Å². The Kier molecular flexibility index (Phi) is 28.0. The summed E-state index contributed by atoms with van der Waals surface area (Å²) in [7, 11) is 0.